The molecule has 2 atom stereocenters. The van der Waals surface area contributed by atoms with E-state index in [1.165, 1.54) is 10.5 Å². The molecule has 0 aliphatic carbocycles. The van der Waals surface area contributed by atoms with E-state index in [9.17, 15) is 22.9 Å². The van der Waals surface area contributed by atoms with Gasteiger partial charge in [-0.1, -0.05) is 42.5 Å². The summed E-state index contributed by atoms with van der Waals surface area (Å²) in [6, 6.07) is 21.6. The van der Waals surface area contributed by atoms with Crippen LogP contribution in [0.2, 0.25) is 0 Å². The molecule has 0 heterocycles. The number of methoxy groups -OCH3 is 1. The number of hydrogen-bond acceptors (Lipinski definition) is 8. The summed E-state index contributed by atoms with van der Waals surface area (Å²) in [6.07, 6.45) is 1.92. The van der Waals surface area contributed by atoms with Gasteiger partial charge in [-0.05, 0) is 49.7 Å². The monoisotopic (exact) mass is 548 g/mol. The highest BCUT2D eigenvalue weighted by Crippen LogP contribution is 2.24. The molecule has 3 aromatic rings. The van der Waals surface area contributed by atoms with Gasteiger partial charge in [0.25, 0.3) is 0 Å². The average molecular weight is 549 g/mol. The Bertz CT molecular complexity index is 1230. The number of esters is 1. The number of aromatic hydroxyl groups is 1. The fourth-order valence-corrected chi connectivity index (χ4v) is 5.36. The lowest BCUT2D eigenvalue weighted by Crippen LogP contribution is -2.19. The molecule has 0 fully saturated rings. The molecule has 3 rings (SSSR count). The number of carbonyl (C=O) groups is 1. The van der Waals surface area contributed by atoms with Crippen LogP contribution in [0.1, 0.15) is 34.0 Å². The SMILES string of the molecule is COCC(C)OC(=O)c1ccc(C[S+](C)c2ccc(O)cc2C)cc1.O=S(=O)([O-])OCc1ccccc1. The molecular weight excluding hydrogens is 516 g/mol. The topological polar surface area (TPSA) is 122 Å². The zero-order chi connectivity index (χ0) is 27.4. The van der Waals surface area contributed by atoms with Crippen molar-refractivity contribution in [2.45, 2.75) is 37.2 Å². The highest BCUT2D eigenvalue weighted by molar-refractivity contribution is 7.95. The minimum Gasteiger partial charge on any atom is -0.726 e. The highest BCUT2D eigenvalue weighted by Gasteiger charge is 2.20. The van der Waals surface area contributed by atoms with Gasteiger partial charge in [0, 0.05) is 29.1 Å². The standard InChI is InChI=1S/C20H24O4S.C7H8O4S/c1-14-11-18(21)9-10-19(14)25(4)13-16-5-7-17(8-6-16)20(22)24-15(2)12-23-3;8-12(9,10)11-6-7-4-2-1-3-5-7/h5-11,15H,12-13H2,1-4H3;1-5H,6H2,(H,8,9,10). The Morgan fingerprint density at radius 2 is 1.68 bits per heavy atom. The van der Waals surface area contributed by atoms with Crippen molar-refractivity contribution >= 4 is 27.3 Å². The molecule has 0 amide bonds. The minimum absolute atomic E-state index is 0.0228. The maximum atomic E-state index is 12.1. The number of aryl methyl sites for hydroxylation is 1. The molecule has 1 N–H and O–H groups in total. The molecule has 0 aliphatic rings. The van der Waals surface area contributed by atoms with Gasteiger partial charge in [-0.25, -0.2) is 13.2 Å². The first-order valence-corrected chi connectivity index (χ1v) is 14.5. The second-order valence-corrected chi connectivity index (χ2v) is 11.3. The van der Waals surface area contributed by atoms with E-state index >= 15 is 0 Å². The fourth-order valence-electron chi connectivity index (χ4n) is 3.32. The third kappa shape index (κ3) is 11.4. The number of phenols is 1. The van der Waals surface area contributed by atoms with Gasteiger partial charge in [-0.3, -0.25) is 4.18 Å². The molecule has 0 aromatic heterocycles. The van der Waals surface area contributed by atoms with E-state index < -0.39 is 10.4 Å². The minimum atomic E-state index is -4.57. The highest BCUT2D eigenvalue weighted by atomic mass is 32.3. The number of rotatable bonds is 10. The van der Waals surface area contributed by atoms with Crippen LogP contribution >= 0.6 is 0 Å². The van der Waals surface area contributed by atoms with Crippen molar-refractivity contribution in [3.05, 3.63) is 95.1 Å². The number of phenolic OH excluding ortho intramolecular Hbond substituents is 1. The van der Waals surface area contributed by atoms with Crippen LogP contribution in [-0.4, -0.2) is 50.1 Å². The van der Waals surface area contributed by atoms with Crippen LogP contribution in [0.25, 0.3) is 0 Å². The quantitative estimate of drug-likeness (QED) is 0.172. The van der Waals surface area contributed by atoms with Gasteiger partial charge in [0.2, 0.25) is 10.4 Å². The van der Waals surface area contributed by atoms with Crippen LogP contribution < -0.4 is 0 Å². The first-order chi connectivity index (χ1) is 17.5. The molecule has 0 saturated heterocycles. The van der Waals surface area contributed by atoms with Crippen LogP contribution in [0.3, 0.4) is 0 Å². The summed E-state index contributed by atoms with van der Waals surface area (Å²) in [7, 11) is -2.97. The Balaban J connectivity index is 0.000000335. The summed E-state index contributed by atoms with van der Waals surface area (Å²) in [4.78, 5) is 13.3. The second kappa shape index (κ2) is 14.7. The van der Waals surface area contributed by atoms with Gasteiger partial charge in [-0.2, -0.15) is 0 Å². The van der Waals surface area contributed by atoms with Gasteiger partial charge >= 0.3 is 5.97 Å². The molecule has 8 nitrogen and oxygen atoms in total. The van der Waals surface area contributed by atoms with Crippen molar-refractivity contribution in [3.8, 4) is 5.75 Å². The lowest BCUT2D eigenvalue weighted by Gasteiger charge is -2.12. The molecule has 0 aliphatic heterocycles. The lowest BCUT2D eigenvalue weighted by atomic mass is 10.1. The number of benzene rings is 3. The largest absolute Gasteiger partial charge is 0.726 e. The molecule has 0 bridgehead atoms. The van der Waals surface area contributed by atoms with Crippen molar-refractivity contribution in [1.29, 1.82) is 0 Å². The first kappa shape index (κ1) is 30.3. The van der Waals surface area contributed by atoms with Crippen LogP contribution in [0, 0.1) is 6.92 Å². The molecule has 0 spiro atoms. The smallest absolute Gasteiger partial charge is 0.338 e. The summed E-state index contributed by atoms with van der Waals surface area (Å²) >= 11 is 0. The van der Waals surface area contributed by atoms with E-state index in [-0.39, 0.29) is 29.6 Å². The predicted octanol–water partition coefficient (Wildman–Crippen LogP) is 4.36. The fraction of sp³-hybridized carbons (Fsp3) is 0.296. The van der Waals surface area contributed by atoms with Crippen molar-refractivity contribution in [2.75, 3.05) is 20.0 Å². The van der Waals surface area contributed by atoms with Crippen molar-refractivity contribution in [1.82, 2.24) is 0 Å². The Hall–Kier alpha value is -2.89. The molecule has 0 saturated carbocycles. The van der Waals surface area contributed by atoms with Crippen LogP contribution in [0.15, 0.2) is 77.7 Å². The molecule has 0 radical (unpaired) electrons. The maximum absolute atomic E-state index is 12.1. The van der Waals surface area contributed by atoms with Crippen LogP contribution in [-0.2, 0) is 47.3 Å². The van der Waals surface area contributed by atoms with Crippen LogP contribution in [0.4, 0.5) is 0 Å². The summed E-state index contributed by atoms with van der Waals surface area (Å²) in [5.74, 6) is 0.853. The second-order valence-electron chi connectivity index (χ2n) is 8.26. The van der Waals surface area contributed by atoms with Gasteiger partial charge < -0.3 is 19.1 Å². The Kier molecular flexibility index (Phi) is 12.1. The number of carbonyl (C=O) groups excluding carboxylic acids is 1. The summed E-state index contributed by atoms with van der Waals surface area (Å²) in [5.41, 5.74) is 3.46. The average Bonchev–Trinajstić information content (AvgIpc) is 2.84. The predicted molar refractivity (Wildman–Crippen MR) is 142 cm³/mol. The van der Waals surface area contributed by atoms with Gasteiger partial charge in [0.05, 0.1) is 18.8 Å². The van der Waals surface area contributed by atoms with Gasteiger partial charge in [-0.15, -0.1) is 0 Å². The zero-order valence-corrected chi connectivity index (χ0v) is 22.9. The van der Waals surface area contributed by atoms with Crippen molar-refractivity contribution in [3.63, 3.8) is 0 Å². The van der Waals surface area contributed by atoms with E-state index in [0.717, 1.165) is 11.3 Å². The normalized spacial score (nSPS) is 12.7. The van der Waals surface area contributed by atoms with Crippen molar-refractivity contribution in [2.24, 2.45) is 0 Å². The van der Waals surface area contributed by atoms with E-state index in [1.807, 2.05) is 25.1 Å². The maximum Gasteiger partial charge on any atom is 0.338 e. The Morgan fingerprint density at radius 3 is 2.24 bits per heavy atom. The first-order valence-electron chi connectivity index (χ1n) is 11.3. The van der Waals surface area contributed by atoms with E-state index in [2.05, 4.69) is 10.4 Å². The zero-order valence-electron chi connectivity index (χ0n) is 21.2. The third-order valence-electron chi connectivity index (χ3n) is 5.03. The lowest BCUT2D eigenvalue weighted by molar-refractivity contribution is 0.0120. The molecule has 2 unspecified atom stereocenters. The molecule has 10 heteroatoms. The number of ether oxygens (including phenoxy) is 2. The Morgan fingerprint density at radius 1 is 1.03 bits per heavy atom. The summed E-state index contributed by atoms with van der Waals surface area (Å²) in [5, 5.41) is 9.54. The number of hydrogen-bond donors (Lipinski definition) is 1. The third-order valence-corrected chi connectivity index (χ3v) is 7.41. The van der Waals surface area contributed by atoms with Gasteiger partial charge in [0.15, 0.2) is 4.90 Å². The van der Waals surface area contributed by atoms with E-state index in [4.69, 9.17) is 9.47 Å². The molecule has 200 valence electrons. The van der Waals surface area contributed by atoms with Crippen molar-refractivity contribution < 1.29 is 36.5 Å². The van der Waals surface area contributed by atoms with Gasteiger partial charge in [0.1, 0.15) is 23.9 Å². The molecular formula is C27H32O8S2. The van der Waals surface area contributed by atoms with E-state index in [1.54, 1.807) is 68.6 Å². The van der Waals surface area contributed by atoms with Crippen LogP contribution in [0.5, 0.6) is 5.75 Å². The molecule has 3 aromatic carbocycles. The molecule has 37 heavy (non-hydrogen) atoms. The van der Waals surface area contributed by atoms with E-state index in [0.29, 0.717) is 23.5 Å². The summed E-state index contributed by atoms with van der Waals surface area (Å²) in [6.45, 7) is 4.00. The Labute approximate surface area is 221 Å². The summed E-state index contributed by atoms with van der Waals surface area (Å²) < 4.78 is 44.4.